The molecule has 2 heterocycles. The van der Waals surface area contributed by atoms with E-state index in [4.69, 9.17) is 0 Å². The topological polar surface area (TPSA) is 69.0 Å². The van der Waals surface area contributed by atoms with Gasteiger partial charge in [0.15, 0.2) is 0 Å². The Balaban J connectivity index is 1.71. The molecule has 28 heavy (non-hydrogen) atoms. The Hall–Kier alpha value is -2.45. The first-order valence-corrected chi connectivity index (χ1v) is 9.72. The van der Waals surface area contributed by atoms with Crippen molar-refractivity contribution < 1.29 is 13.6 Å². The molecule has 0 unspecified atom stereocenters. The lowest BCUT2D eigenvalue weighted by Crippen LogP contribution is -2.36. The van der Waals surface area contributed by atoms with Gasteiger partial charge in [0.2, 0.25) is 5.91 Å². The summed E-state index contributed by atoms with van der Waals surface area (Å²) in [5.74, 6) is -0.500. The van der Waals surface area contributed by atoms with Gasteiger partial charge in [0.1, 0.15) is 6.04 Å². The minimum Gasteiger partial charge on any atom is -0.370 e. The molecule has 4 rings (SSSR count). The fourth-order valence-corrected chi connectivity index (χ4v) is 3.99. The molecule has 1 atom stereocenters. The summed E-state index contributed by atoms with van der Waals surface area (Å²) in [5, 5.41) is 9.72. The molecular weight excluding hydrogens is 430 g/mol. The zero-order valence-electron chi connectivity index (χ0n) is 14.9. The number of nitrogens with one attached hydrogen (secondary N) is 4. The number of aromatic nitrogens is 1. The molecule has 1 aliphatic heterocycles. The molecule has 2 aromatic carbocycles. The normalized spacial score (nSPS) is 14.3. The molecule has 5 nitrogen and oxygen atoms in total. The zero-order valence-corrected chi connectivity index (χ0v) is 16.4. The van der Waals surface area contributed by atoms with Crippen molar-refractivity contribution in [3.8, 4) is 0 Å². The molecule has 0 bridgehead atoms. The van der Waals surface area contributed by atoms with E-state index in [1.165, 1.54) is 5.56 Å². The highest BCUT2D eigenvalue weighted by Crippen LogP contribution is 2.31. The first-order valence-electron chi connectivity index (χ1n) is 8.93. The Bertz CT molecular complexity index is 1020. The van der Waals surface area contributed by atoms with Crippen LogP contribution in [0.15, 0.2) is 47.1 Å². The number of carbonyl (C=O) groups excluding carboxylic acids is 1. The second-order valence-corrected chi connectivity index (χ2v) is 7.65. The molecule has 1 aromatic heterocycles. The van der Waals surface area contributed by atoms with E-state index >= 15 is 0 Å². The van der Waals surface area contributed by atoms with E-state index in [0.717, 1.165) is 39.7 Å². The third kappa shape index (κ3) is 3.88. The fraction of sp³-hybridized carbons (Fsp3) is 0.250. The lowest BCUT2D eigenvalue weighted by atomic mass is 10.0. The Morgan fingerprint density at radius 1 is 1.14 bits per heavy atom. The van der Waals surface area contributed by atoms with E-state index in [0.29, 0.717) is 5.56 Å². The highest BCUT2D eigenvalue weighted by atomic mass is 79.9. The molecule has 0 aliphatic carbocycles. The standard InChI is InChI=1S/C20H19BrF2N4O/c21-13-6-16(15-3-4-25-17(15)7-13)19(20(28)26-10-18(22)23)27-14-2-1-11-8-24-9-12(11)5-14/h1-7,18-19,24-25,27H,8-10H2,(H,26,28)/t19-/m1/s1. The second kappa shape index (κ2) is 7.89. The first kappa shape index (κ1) is 18.9. The van der Waals surface area contributed by atoms with E-state index in [1.807, 2.05) is 36.4 Å². The van der Waals surface area contributed by atoms with Gasteiger partial charge in [0, 0.05) is 40.3 Å². The second-order valence-electron chi connectivity index (χ2n) is 6.73. The molecule has 0 radical (unpaired) electrons. The van der Waals surface area contributed by atoms with Gasteiger partial charge in [-0.3, -0.25) is 4.79 Å². The van der Waals surface area contributed by atoms with Gasteiger partial charge >= 0.3 is 0 Å². The maximum atomic E-state index is 12.8. The van der Waals surface area contributed by atoms with Crippen molar-refractivity contribution in [1.82, 2.24) is 15.6 Å². The van der Waals surface area contributed by atoms with Gasteiger partial charge in [-0.1, -0.05) is 22.0 Å². The molecule has 146 valence electrons. The summed E-state index contributed by atoms with van der Waals surface area (Å²) < 4.78 is 26.1. The molecule has 1 aliphatic rings. The number of benzene rings is 2. The van der Waals surface area contributed by atoms with Gasteiger partial charge in [0.05, 0.1) is 6.54 Å². The fourth-order valence-electron chi connectivity index (χ4n) is 3.51. The Labute approximate surface area is 169 Å². The maximum Gasteiger partial charge on any atom is 0.255 e. The van der Waals surface area contributed by atoms with Gasteiger partial charge in [-0.25, -0.2) is 8.78 Å². The van der Waals surface area contributed by atoms with Gasteiger partial charge < -0.3 is 20.9 Å². The van der Waals surface area contributed by atoms with Crippen LogP contribution in [0.4, 0.5) is 14.5 Å². The lowest BCUT2D eigenvalue weighted by molar-refractivity contribution is -0.122. The van der Waals surface area contributed by atoms with Crippen LogP contribution in [0, 0.1) is 0 Å². The minimum atomic E-state index is -2.61. The van der Waals surface area contributed by atoms with Crippen LogP contribution in [0.2, 0.25) is 0 Å². The molecule has 0 spiro atoms. The largest absolute Gasteiger partial charge is 0.370 e. The van der Waals surface area contributed by atoms with E-state index in [2.05, 4.69) is 36.9 Å². The van der Waals surface area contributed by atoms with Crippen molar-refractivity contribution in [2.24, 2.45) is 0 Å². The van der Waals surface area contributed by atoms with Gasteiger partial charge in [-0.2, -0.15) is 0 Å². The predicted octanol–water partition coefficient (Wildman–Crippen LogP) is 4.07. The van der Waals surface area contributed by atoms with Gasteiger partial charge in [-0.05, 0) is 47.0 Å². The number of rotatable bonds is 6. The van der Waals surface area contributed by atoms with Crippen LogP contribution in [0.5, 0.6) is 0 Å². The number of fused-ring (bicyclic) bond motifs is 2. The average molecular weight is 449 g/mol. The Morgan fingerprint density at radius 2 is 1.96 bits per heavy atom. The van der Waals surface area contributed by atoms with Crippen LogP contribution in [0.25, 0.3) is 10.9 Å². The summed E-state index contributed by atoms with van der Waals surface area (Å²) in [6.45, 7) is 0.908. The smallest absolute Gasteiger partial charge is 0.255 e. The Morgan fingerprint density at radius 3 is 2.79 bits per heavy atom. The predicted molar refractivity (Wildman–Crippen MR) is 108 cm³/mol. The highest BCUT2D eigenvalue weighted by molar-refractivity contribution is 9.10. The van der Waals surface area contributed by atoms with Crippen LogP contribution in [0.1, 0.15) is 22.7 Å². The number of halogens is 3. The number of hydrogen-bond donors (Lipinski definition) is 4. The van der Waals surface area contributed by atoms with Crippen molar-refractivity contribution in [2.75, 3.05) is 11.9 Å². The molecule has 0 saturated carbocycles. The third-order valence-corrected chi connectivity index (χ3v) is 5.28. The molecule has 0 fully saturated rings. The van der Waals surface area contributed by atoms with Crippen LogP contribution in [-0.2, 0) is 17.9 Å². The summed E-state index contributed by atoms with van der Waals surface area (Å²) >= 11 is 3.47. The van der Waals surface area contributed by atoms with E-state index in [-0.39, 0.29) is 0 Å². The summed E-state index contributed by atoms with van der Waals surface area (Å²) in [6, 6.07) is 10.7. The molecule has 3 aromatic rings. The maximum absolute atomic E-state index is 12.8. The van der Waals surface area contributed by atoms with Crippen molar-refractivity contribution in [2.45, 2.75) is 25.6 Å². The van der Waals surface area contributed by atoms with Gasteiger partial charge in [-0.15, -0.1) is 0 Å². The zero-order chi connectivity index (χ0) is 19.7. The summed E-state index contributed by atoms with van der Waals surface area (Å²) in [5.41, 5.74) is 4.72. The van der Waals surface area contributed by atoms with Crippen LogP contribution >= 0.6 is 15.9 Å². The van der Waals surface area contributed by atoms with E-state index in [1.54, 1.807) is 6.20 Å². The number of anilines is 1. The first-order chi connectivity index (χ1) is 13.5. The molecule has 4 N–H and O–H groups in total. The summed E-state index contributed by atoms with van der Waals surface area (Å²) in [4.78, 5) is 15.9. The van der Waals surface area contributed by atoms with Crippen molar-refractivity contribution >= 4 is 38.4 Å². The third-order valence-electron chi connectivity index (χ3n) is 4.82. The SMILES string of the molecule is O=C(NCC(F)F)[C@H](Nc1ccc2c(c1)CNC2)c1cc(Br)cc2[nH]ccc12. The number of carbonyl (C=O) groups is 1. The molecule has 8 heteroatoms. The highest BCUT2D eigenvalue weighted by Gasteiger charge is 2.25. The van der Waals surface area contributed by atoms with Crippen molar-refractivity contribution in [3.05, 3.63) is 63.8 Å². The number of amides is 1. The summed E-state index contributed by atoms with van der Waals surface area (Å²) in [7, 11) is 0. The Kier molecular flexibility index (Phi) is 5.32. The van der Waals surface area contributed by atoms with E-state index in [9.17, 15) is 13.6 Å². The monoisotopic (exact) mass is 448 g/mol. The molecular formula is C20H19BrF2N4O. The van der Waals surface area contributed by atoms with E-state index < -0.39 is 24.9 Å². The average Bonchev–Trinajstić information content (AvgIpc) is 3.32. The summed E-state index contributed by atoms with van der Waals surface area (Å²) in [6.07, 6.45) is -0.819. The number of H-pyrrole nitrogens is 1. The molecule has 0 saturated heterocycles. The van der Waals surface area contributed by atoms with Crippen molar-refractivity contribution in [3.63, 3.8) is 0 Å². The van der Waals surface area contributed by atoms with Gasteiger partial charge in [0.25, 0.3) is 6.43 Å². The van der Waals surface area contributed by atoms with Crippen molar-refractivity contribution in [1.29, 1.82) is 0 Å². The number of hydrogen-bond acceptors (Lipinski definition) is 3. The van der Waals surface area contributed by atoms with Crippen LogP contribution in [0.3, 0.4) is 0 Å². The number of aromatic amines is 1. The van der Waals surface area contributed by atoms with Crippen LogP contribution < -0.4 is 16.0 Å². The minimum absolute atomic E-state index is 0.500. The van der Waals surface area contributed by atoms with Crippen LogP contribution in [-0.4, -0.2) is 23.9 Å². The number of alkyl halides is 2. The molecule has 1 amide bonds. The quantitative estimate of drug-likeness (QED) is 0.459. The lowest BCUT2D eigenvalue weighted by Gasteiger charge is -2.21.